The van der Waals surface area contributed by atoms with E-state index in [2.05, 4.69) is 27.5 Å². The van der Waals surface area contributed by atoms with Crippen LogP contribution in [0.25, 0.3) is 0 Å². The van der Waals surface area contributed by atoms with Crippen molar-refractivity contribution in [2.75, 3.05) is 17.2 Å². The lowest BCUT2D eigenvalue weighted by Gasteiger charge is -2.17. The fraction of sp³-hybridized carbons (Fsp3) is 0.273. The van der Waals surface area contributed by atoms with Crippen LogP contribution in [0.4, 0.5) is 11.5 Å². The highest BCUT2D eigenvalue weighted by molar-refractivity contribution is 9.10. The highest BCUT2D eigenvalue weighted by atomic mass is 79.9. The zero-order chi connectivity index (χ0) is 11.7. The molecule has 84 valence electrons. The zero-order valence-corrected chi connectivity index (χ0v) is 10.3. The van der Waals surface area contributed by atoms with E-state index in [1.165, 1.54) is 0 Å². The molecule has 0 aliphatic carbocycles. The Labute approximate surface area is 102 Å². The molecular weight excluding hydrogens is 270 g/mol. The van der Waals surface area contributed by atoms with Gasteiger partial charge in [0.25, 0.3) is 0 Å². The molecule has 4 nitrogen and oxygen atoms in total. The largest absolute Gasteiger partial charge is 0.382 e. The van der Waals surface area contributed by atoms with Crippen LogP contribution in [0.1, 0.15) is 6.42 Å². The third-order valence-electron chi connectivity index (χ3n) is 2.64. The summed E-state index contributed by atoms with van der Waals surface area (Å²) in [4.78, 5) is 17.5. The highest BCUT2D eigenvalue weighted by Gasteiger charge is 2.30. The molecule has 1 atom stereocenters. The number of hydrogen-bond donors (Lipinski definition) is 1. The molecule has 5 heteroatoms. The number of carbonyl (C=O) groups is 1. The van der Waals surface area contributed by atoms with Gasteiger partial charge in [-0.15, -0.1) is 6.58 Å². The first-order chi connectivity index (χ1) is 7.61. The second-order valence-electron chi connectivity index (χ2n) is 3.76. The molecule has 1 saturated heterocycles. The van der Waals surface area contributed by atoms with Crippen LogP contribution in [0.15, 0.2) is 29.4 Å². The number of aromatic nitrogens is 1. The fourth-order valence-electron chi connectivity index (χ4n) is 1.78. The minimum Gasteiger partial charge on any atom is -0.382 e. The Morgan fingerprint density at radius 1 is 1.69 bits per heavy atom. The molecule has 1 aromatic rings. The number of rotatable bonds is 2. The van der Waals surface area contributed by atoms with Crippen molar-refractivity contribution in [1.29, 1.82) is 0 Å². The number of carbonyl (C=O) groups excluding carboxylic acids is 1. The summed E-state index contributed by atoms with van der Waals surface area (Å²) in [5, 5.41) is 0. The molecule has 1 amide bonds. The molecule has 0 bridgehead atoms. The Morgan fingerprint density at radius 3 is 3.06 bits per heavy atom. The first-order valence-corrected chi connectivity index (χ1v) is 5.75. The van der Waals surface area contributed by atoms with Gasteiger partial charge in [-0.05, 0) is 22.0 Å². The Bertz CT molecular complexity index is 447. The van der Waals surface area contributed by atoms with E-state index >= 15 is 0 Å². The number of anilines is 2. The Balaban J connectivity index is 2.34. The number of nitrogen functional groups attached to an aromatic ring is 1. The summed E-state index contributed by atoms with van der Waals surface area (Å²) in [6, 6.07) is 1.81. The van der Waals surface area contributed by atoms with Crippen LogP contribution in [0.2, 0.25) is 0 Å². The molecule has 0 aromatic carbocycles. The van der Waals surface area contributed by atoms with E-state index < -0.39 is 0 Å². The van der Waals surface area contributed by atoms with E-state index in [4.69, 9.17) is 5.73 Å². The molecular formula is C11H12BrN3O. The second-order valence-corrected chi connectivity index (χ2v) is 4.68. The van der Waals surface area contributed by atoms with E-state index in [0.29, 0.717) is 24.5 Å². The number of pyridine rings is 1. The van der Waals surface area contributed by atoms with E-state index in [1.54, 1.807) is 17.2 Å². The SMILES string of the molecule is C=CC1CC(=O)N(c2cc(Br)cnc2N)C1. The van der Waals surface area contributed by atoms with Crippen LogP contribution in [0, 0.1) is 5.92 Å². The predicted molar refractivity (Wildman–Crippen MR) is 67.0 cm³/mol. The quantitative estimate of drug-likeness (QED) is 0.844. The Morgan fingerprint density at radius 2 is 2.44 bits per heavy atom. The monoisotopic (exact) mass is 281 g/mol. The van der Waals surface area contributed by atoms with Crippen LogP contribution >= 0.6 is 15.9 Å². The number of nitrogens with two attached hydrogens (primary N) is 1. The van der Waals surface area contributed by atoms with E-state index in [9.17, 15) is 4.79 Å². The van der Waals surface area contributed by atoms with Crippen molar-refractivity contribution in [2.24, 2.45) is 5.92 Å². The average molecular weight is 282 g/mol. The summed E-state index contributed by atoms with van der Waals surface area (Å²) >= 11 is 3.32. The summed E-state index contributed by atoms with van der Waals surface area (Å²) in [7, 11) is 0. The predicted octanol–water partition coefficient (Wildman–Crippen LogP) is 1.97. The third-order valence-corrected chi connectivity index (χ3v) is 3.08. The summed E-state index contributed by atoms with van der Waals surface area (Å²) in [6.45, 7) is 4.34. The molecule has 1 aliphatic rings. The van der Waals surface area contributed by atoms with E-state index in [-0.39, 0.29) is 11.8 Å². The van der Waals surface area contributed by atoms with Crippen molar-refractivity contribution in [3.05, 3.63) is 29.4 Å². The van der Waals surface area contributed by atoms with Gasteiger partial charge in [0.05, 0.1) is 5.69 Å². The first-order valence-electron chi connectivity index (χ1n) is 4.95. The normalized spacial score (nSPS) is 20.2. The fourth-order valence-corrected chi connectivity index (χ4v) is 2.10. The Kier molecular flexibility index (Phi) is 2.96. The standard InChI is InChI=1S/C11H12BrN3O/c1-2-7-3-10(16)15(6-7)9-4-8(12)5-14-11(9)13/h2,4-5,7H,1,3,6H2,(H2,13,14). The maximum absolute atomic E-state index is 11.8. The van der Waals surface area contributed by atoms with Crippen LogP contribution in [-0.4, -0.2) is 17.4 Å². The Hall–Kier alpha value is -1.36. The maximum Gasteiger partial charge on any atom is 0.227 e. The van der Waals surface area contributed by atoms with Crippen molar-refractivity contribution < 1.29 is 4.79 Å². The summed E-state index contributed by atoms with van der Waals surface area (Å²) in [5.41, 5.74) is 6.44. The van der Waals surface area contributed by atoms with Crippen molar-refractivity contribution in [3.8, 4) is 0 Å². The smallest absolute Gasteiger partial charge is 0.227 e. The number of amides is 1. The third kappa shape index (κ3) is 1.95. The molecule has 0 radical (unpaired) electrons. The van der Waals surface area contributed by atoms with Gasteiger partial charge in [-0.3, -0.25) is 4.79 Å². The average Bonchev–Trinajstić information content (AvgIpc) is 2.63. The molecule has 0 spiro atoms. The van der Waals surface area contributed by atoms with Gasteiger partial charge in [0.15, 0.2) is 0 Å². The molecule has 1 aromatic heterocycles. The second kappa shape index (κ2) is 4.25. The van der Waals surface area contributed by atoms with Crippen molar-refractivity contribution in [3.63, 3.8) is 0 Å². The van der Waals surface area contributed by atoms with Crippen LogP contribution in [-0.2, 0) is 4.79 Å². The number of nitrogens with zero attached hydrogens (tertiary/aromatic N) is 2. The van der Waals surface area contributed by atoms with Crippen LogP contribution in [0.5, 0.6) is 0 Å². The molecule has 1 unspecified atom stereocenters. The summed E-state index contributed by atoms with van der Waals surface area (Å²) in [5.74, 6) is 0.642. The molecule has 2 heterocycles. The number of hydrogen-bond acceptors (Lipinski definition) is 3. The molecule has 2 N–H and O–H groups in total. The molecule has 16 heavy (non-hydrogen) atoms. The van der Waals surface area contributed by atoms with Crippen molar-refractivity contribution in [2.45, 2.75) is 6.42 Å². The lowest BCUT2D eigenvalue weighted by atomic mass is 10.1. The van der Waals surface area contributed by atoms with Crippen molar-refractivity contribution in [1.82, 2.24) is 4.98 Å². The van der Waals surface area contributed by atoms with Crippen LogP contribution in [0.3, 0.4) is 0 Å². The maximum atomic E-state index is 11.8. The number of halogens is 1. The highest BCUT2D eigenvalue weighted by Crippen LogP contribution is 2.30. The molecule has 0 saturated carbocycles. The van der Waals surface area contributed by atoms with Gasteiger partial charge in [-0.2, -0.15) is 0 Å². The van der Waals surface area contributed by atoms with Crippen molar-refractivity contribution >= 4 is 33.3 Å². The lowest BCUT2D eigenvalue weighted by molar-refractivity contribution is -0.117. The minimum atomic E-state index is 0.0662. The van der Waals surface area contributed by atoms with Gasteiger partial charge in [0, 0.05) is 29.6 Å². The van der Waals surface area contributed by atoms with Gasteiger partial charge in [-0.25, -0.2) is 4.98 Å². The van der Waals surface area contributed by atoms with Gasteiger partial charge in [-0.1, -0.05) is 6.08 Å². The molecule has 1 fully saturated rings. The van der Waals surface area contributed by atoms with E-state index in [1.807, 2.05) is 6.07 Å². The zero-order valence-electron chi connectivity index (χ0n) is 8.69. The van der Waals surface area contributed by atoms with E-state index in [0.717, 1.165) is 4.47 Å². The first kappa shape index (κ1) is 11.1. The van der Waals surface area contributed by atoms with Gasteiger partial charge < -0.3 is 10.6 Å². The van der Waals surface area contributed by atoms with Gasteiger partial charge in [0.1, 0.15) is 5.82 Å². The summed E-state index contributed by atoms with van der Waals surface area (Å²) < 4.78 is 0.812. The van der Waals surface area contributed by atoms with Gasteiger partial charge >= 0.3 is 0 Å². The minimum absolute atomic E-state index is 0.0662. The topological polar surface area (TPSA) is 59.2 Å². The van der Waals surface area contributed by atoms with Crippen LogP contribution < -0.4 is 10.6 Å². The lowest BCUT2D eigenvalue weighted by Crippen LogP contribution is -2.25. The van der Waals surface area contributed by atoms with Gasteiger partial charge in [0.2, 0.25) is 5.91 Å². The molecule has 2 rings (SSSR count). The molecule has 1 aliphatic heterocycles. The summed E-state index contributed by atoms with van der Waals surface area (Å²) in [6.07, 6.45) is 3.92.